The van der Waals surface area contributed by atoms with Gasteiger partial charge in [0.05, 0.1) is 31.4 Å². The Morgan fingerprint density at radius 2 is 2.12 bits per heavy atom. The molecule has 0 saturated carbocycles. The molecule has 2 atom stereocenters. The molecule has 1 amide bonds. The van der Waals surface area contributed by atoms with Crippen molar-refractivity contribution < 1.29 is 23.4 Å². The average Bonchev–Trinajstić information content (AvgIpc) is 2.99. The van der Waals surface area contributed by atoms with E-state index >= 15 is 0 Å². The molecule has 1 N–H and O–H groups in total. The number of amides is 1. The van der Waals surface area contributed by atoms with E-state index in [-0.39, 0.29) is 25.3 Å². The zero-order valence-electron chi connectivity index (χ0n) is 13.7. The quantitative estimate of drug-likeness (QED) is 0.921. The Labute approximate surface area is 143 Å². The Balaban J connectivity index is 1.80. The summed E-state index contributed by atoms with van der Waals surface area (Å²) in [6, 6.07) is 8.16. The number of β-amino-alcohol motifs (C(OH)–C–C–N with tert-alkyl or cyclic N) is 1. The van der Waals surface area contributed by atoms with E-state index in [2.05, 4.69) is 4.98 Å². The van der Waals surface area contributed by atoms with Gasteiger partial charge in [0, 0.05) is 12.6 Å². The van der Waals surface area contributed by atoms with Crippen LogP contribution in [-0.4, -0.2) is 40.7 Å². The van der Waals surface area contributed by atoms with E-state index in [0.717, 1.165) is 12.1 Å². The van der Waals surface area contributed by atoms with Crippen LogP contribution in [0, 0.1) is 11.6 Å². The summed E-state index contributed by atoms with van der Waals surface area (Å²) in [6.45, 7) is 0.145. The molecule has 2 heterocycles. The average molecular weight is 348 g/mol. The summed E-state index contributed by atoms with van der Waals surface area (Å²) in [5, 5.41) is 9.96. The van der Waals surface area contributed by atoms with Crippen molar-refractivity contribution in [3.05, 3.63) is 59.3 Å². The molecule has 1 saturated heterocycles. The van der Waals surface area contributed by atoms with Crippen molar-refractivity contribution in [2.24, 2.45) is 0 Å². The number of hydrogen-bond donors (Lipinski definition) is 1. The fraction of sp³-hybridized carbons (Fsp3) is 0.333. The predicted molar refractivity (Wildman–Crippen MR) is 85.9 cm³/mol. The van der Waals surface area contributed by atoms with Crippen LogP contribution in [0.15, 0.2) is 36.4 Å². The van der Waals surface area contributed by atoms with Gasteiger partial charge in [0.15, 0.2) is 11.6 Å². The molecular formula is C18H18F2N2O3. The van der Waals surface area contributed by atoms with Gasteiger partial charge in [-0.3, -0.25) is 4.79 Å². The van der Waals surface area contributed by atoms with E-state index in [1.165, 1.54) is 18.1 Å². The highest BCUT2D eigenvalue weighted by atomic mass is 19.2. The first kappa shape index (κ1) is 17.3. The molecular weight excluding hydrogens is 330 g/mol. The Kier molecular flexibility index (Phi) is 4.94. The number of ether oxygens (including phenoxy) is 1. The van der Waals surface area contributed by atoms with Gasteiger partial charge in [-0.2, -0.15) is 0 Å². The Bertz CT molecular complexity index is 785. The molecule has 1 aromatic carbocycles. The van der Waals surface area contributed by atoms with E-state index in [1.807, 2.05) is 0 Å². The standard InChI is InChI=1S/C18H18F2N2O3/c1-25-17-4-2-3-12(21-17)8-18(24)22-10-13(23)9-16(22)11-5-6-14(19)15(20)7-11/h2-7,13,16,23H,8-10H2,1H3/t13-,16+/m1/s1. The lowest BCUT2D eigenvalue weighted by molar-refractivity contribution is -0.131. The van der Waals surface area contributed by atoms with Crippen molar-refractivity contribution in [3.63, 3.8) is 0 Å². The minimum Gasteiger partial charge on any atom is -0.481 e. The zero-order chi connectivity index (χ0) is 18.0. The first-order valence-corrected chi connectivity index (χ1v) is 7.90. The highest BCUT2D eigenvalue weighted by Crippen LogP contribution is 2.33. The van der Waals surface area contributed by atoms with Crippen LogP contribution in [0.5, 0.6) is 5.88 Å². The number of carbonyl (C=O) groups excluding carboxylic acids is 1. The fourth-order valence-electron chi connectivity index (χ4n) is 3.05. The molecule has 25 heavy (non-hydrogen) atoms. The molecule has 1 aliphatic rings. The molecule has 0 bridgehead atoms. The monoisotopic (exact) mass is 348 g/mol. The third-order valence-electron chi connectivity index (χ3n) is 4.25. The van der Waals surface area contributed by atoms with Gasteiger partial charge in [-0.15, -0.1) is 0 Å². The lowest BCUT2D eigenvalue weighted by Gasteiger charge is -2.25. The highest BCUT2D eigenvalue weighted by Gasteiger charge is 2.35. The summed E-state index contributed by atoms with van der Waals surface area (Å²) >= 11 is 0. The van der Waals surface area contributed by atoms with Crippen LogP contribution in [0.1, 0.15) is 23.7 Å². The van der Waals surface area contributed by atoms with Crippen molar-refractivity contribution >= 4 is 5.91 Å². The smallest absolute Gasteiger partial charge is 0.229 e. The minimum absolute atomic E-state index is 0.0318. The van der Waals surface area contributed by atoms with Crippen LogP contribution in [0.25, 0.3) is 0 Å². The van der Waals surface area contributed by atoms with E-state index in [0.29, 0.717) is 17.1 Å². The van der Waals surface area contributed by atoms with Gasteiger partial charge in [0.25, 0.3) is 0 Å². The van der Waals surface area contributed by atoms with Crippen LogP contribution in [0.2, 0.25) is 0 Å². The van der Waals surface area contributed by atoms with E-state index in [9.17, 15) is 18.7 Å². The number of rotatable bonds is 4. The molecule has 0 radical (unpaired) electrons. The topological polar surface area (TPSA) is 62.7 Å². The van der Waals surface area contributed by atoms with Gasteiger partial charge >= 0.3 is 0 Å². The number of halogens is 2. The first-order valence-electron chi connectivity index (χ1n) is 7.90. The van der Waals surface area contributed by atoms with Gasteiger partial charge in [-0.05, 0) is 30.2 Å². The third kappa shape index (κ3) is 3.76. The highest BCUT2D eigenvalue weighted by molar-refractivity contribution is 5.79. The van der Waals surface area contributed by atoms with Crippen molar-refractivity contribution in [3.8, 4) is 5.88 Å². The van der Waals surface area contributed by atoms with E-state index < -0.39 is 23.8 Å². The second-order valence-corrected chi connectivity index (χ2v) is 5.97. The summed E-state index contributed by atoms with van der Waals surface area (Å²) < 4.78 is 31.7. The van der Waals surface area contributed by atoms with Gasteiger partial charge < -0.3 is 14.7 Å². The first-order chi connectivity index (χ1) is 12.0. The summed E-state index contributed by atoms with van der Waals surface area (Å²) in [6.07, 6.45) is -0.396. The normalized spacial score (nSPS) is 19.9. The maximum atomic E-state index is 13.5. The Hall–Kier alpha value is -2.54. The number of aliphatic hydroxyl groups excluding tert-OH is 1. The Morgan fingerprint density at radius 3 is 2.84 bits per heavy atom. The number of benzene rings is 1. The van der Waals surface area contributed by atoms with Crippen molar-refractivity contribution in [2.45, 2.75) is 25.0 Å². The second-order valence-electron chi connectivity index (χ2n) is 5.97. The zero-order valence-corrected chi connectivity index (χ0v) is 13.7. The maximum absolute atomic E-state index is 13.5. The molecule has 1 aromatic heterocycles. The molecule has 1 aliphatic heterocycles. The van der Waals surface area contributed by atoms with Crippen molar-refractivity contribution in [1.82, 2.24) is 9.88 Å². The summed E-state index contributed by atoms with van der Waals surface area (Å²) in [4.78, 5) is 18.3. The molecule has 2 aromatic rings. The van der Waals surface area contributed by atoms with Gasteiger partial charge in [0.1, 0.15) is 0 Å². The molecule has 0 aliphatic carbocycles. The third-order valence-corrected chi connectivity index (χ3v) is 4.25. The minimum atomic E-state index is -0.972. The molecule has 1 fully saturated rings. The summed E-state index contributed by atoms with van der Waals surface area (Å²) in [5.41, 5.74) is 0.997. The number of carbonyl (C=O) groups is 1. The van der Waals surface area contributed by atoms with E-state index in [4.69, 9.17) is 4.74 Å². The largest absolute Gasteiger partial charge is 0.481 e. The van der Waals surface area contributed by atoms with Crippen LogP contribution in [-0.2, 0) is 11.2 Å². The van der Waals surface area contributed by atoms with Crippen LogP contribution >= 0.6 is 0 Å². The molecule has 3 rings (SSSR count). The number of nitrogens with zero attached hydrogens (tertiary/aromatic N) is 2. The van der Waals surface area contributed by atoms with Gasteiger partial charge in [-0.1, -0.05) is 12.1 Å². The molecule has 132 valence electrons. The number of aliphatic hydroxyl groups is 1. The number of hydrogen-bond acceptors (Lipinski definition) is 4. The summed E-state index contributed by atoms with van der Waals surface area (Å²) in [5.74, 6) is -1.75. The van der Waals surface area contributed by atoms with Crippen LogP contribution in [0.3, 0.4) is 0 Å². The van der Waals surface area contributed by atoms with E-state index in [1.54, 1.807) is 18.2 Å². The van der Waals surface area contributed by atoms with Crippen molar-refractivity contribution in [1.29, 1.82) is 0 Å². The Morgan fingerprint density at radius 1 is 1.32 bits per heavy atom. The van der Waals surface area contributed by atoms with Crippen LogP contribution in [0.4, 0.5) is 8.78 Å². The van der Waals surface area contributed by atoms with Crippen LogP contribution < -0.4 is 4.74 Å². The molecule has 7 heteroatoms. The number of aromatic nitrogens is 1. The molecule has 0 spiro atoms. The fourth-order valence-corrected chi connectivity index (χ4v) is 3.05. The van der Waals surface area contributed by atoms with Gasteiger partial charge in [-0.25, -0.2) is 13.8 Å². The van der Waals surface area contributed by atoms with Gasteiger partial charge in [0.2, 0.25) is 11.8 Å². The maximum Gasteiger partial charge on any atom is 0.229 e. The lowest BCUT2D eigenvalue weighted by atomic mass is 10.0. The predicted octanol–water partition coefficient (Wildman–Crippen LogP) is 2.25. The SMILES string of the molecule is COc1cccc(CC(=O)N2C[C@H](O)C[C@H]2c2ccc(F)c(F)c2)n1. The second kappa shape index (κ2) is 7.14. The summed E-state index contributed by atoms with van der Waals surface area (Å²) in [7, 11) is 1.49. The number of likely N-dealkylation sites (tertiary alicyclic amines) is 1. The molecule has 5 nitrogen and oxygen atoms in total. The lowest BCUT2D eigenvalue weighted by Crippen LogP contribution is -2.33. The van der Waals surface area contributed by atoms with Crippen molar-refractivity contribution in [2.75, 3.05) is 13.7 Å². The number of pyridine rings is 1. The molecule has 0 unspecified atom stereocenters. The number of methoxy groups -OCH3 is 1.